The molecular weight excluding hydrogens is 371 g/mol. The zero-order valence-electron chi connectivity index (χ0n) is 13.4. The standard InChI is InChI=1S/C20H12Cl2N2O2/c21-16-7-3-5-13(19(16)22)11-23-24-20(25)18-10-15-14-6-2-1-4-12(14)8-9-17(15)26-18/h1-11H,(H,24,25)/b23-11-. The van der Waals surface area contributed by atoms with Crippen molar-refractivity contribution >= 4 is 57.1 Å². The highest BCUT2D eigenvalue weighted by Gasteiger charge is 2.13. The highest BCUT2D eigenvalue weighted by atomic mass is 35.5. The van der Waals surface area contributed by atoms with E-state index in [0.29, 0.717) is 21.2 Å². The minimum atomic E-state index is -0.445. The Hall–Kier alpha value is -2.82. The lowest BCUT2D eigenvalue weighted by Gasteiger charge is -1.99. The van der Waals surface area contributed by atoms with E-state index < -0.39 is 5.91 Å². The van der Waals surface area contributed by atoms with Gasteiger partial charge in [-0.1, -0.05) is 65.7 Å². The van der Waals surface area contributed by atoms with Gasteiger partial charge in [-0.15, -0.1) is 0 Å². The first-order chi connectivity index (χ1) is 12.6. The maximum Gasteiger partial charge on any atom is 0.307 e. The number of halogens is 2. The second kappa shape index (κ2) is 6.83. The summed E-state index contributed by atoms with van der Waals surface area (Å²) in [6, 6.07) is 18.6. The van der Waals surface area contributed by atoms with Crippen molar-refractivity contribution in [1.29, 1.82) is 0 Å². The quantitative estimate of drug-likeness (QED) is 0.367. The van der Waals surface area contributed by atoms with Crippen molar-refractivity contribution < 1.29 is 9.21 Å². The van der Waals surface area contributed by atoms with E-state index in [1.807, 2.05) is 36.4 Å². The Kier molecular flexibility index (Phi) is 4.37. The monoisotopic (exact) mass is 382 g/mol. The smallest absolute Gasteiger partial charge is 0.307 e. The van der Waals surface area contributed by atoms with Gasteiger partial charge in [0.2, 0.25) is 0 Å². The van der Waals surface area contributed by atoms with Crippen molar-refractivity contribution in [2.24, 2.45) is 5.10 Å². The number of hydrogen-bond donors (Lipinski definition) is 1. The second-order valence-corrected chi connectivity index (χ2v) is 6.44. The number of benzene rings is 3. The average Bonchev–Trinajstić information content (AvgIpc) is 3.10. The van der Waals surface area contributed by atoms with Crippen LogP contribution in [-0.2, 0) is 0 Å². The minimum absolute atomic E-state index is 0.186. The van der Waals surface area contributed by atoms with E-state index in [9.17, 15) is 4.79 Å². The van der Waals surface area contributed by atoms with Crippen LogP contribution in [0, 0.1) is 0 Å². The molecule has 0 unspecified atom stereocenters. The number of carbonyl (C=O) groups is 1. The molecular formula is C20H12Cl2N2O2. The Labute approximate surface area is 159 Å². The van der Waals surface area contributed by atoms with Crippen molar-refractivity contribution in [3.05, 3.63) is 82.0 Å². The number of amides is 1. The van der Waals surface area contributed by atoms with Gasteiger partial charge in [0, 0.05) is 10.9 Å². The molecule has 128 valence electrons. The van der Waals surface area contributed by atoms with Crippen LogP contribution >= 0.6 is 23.2 Å². The van der Waals surface area contributed by atoms with Gasteiger partial charge in [-0.2, -0.15) is 5.10 Å². The maximum atomic E-state index is 12.3. The molecule has 0 fully saturated rings. The van der Waals surface area contributed by atoms with Gasteiger partial charge in [-0.3, -0.25) is 4.79 Å². The molecule has 0 saturated carbocycles. The number of carbonyl (C=O) groups excluding carboxylic acids is 1. The van der Waals surface area contributed by atoms with E-state index in [2.05, 4.69) is 10.5 Å². The summed E-state index contributed by atoms with van der Waals surface area (Å²) in [7, 11) is 0. The Bertz CT molecular complexity index is 1170. The number of fused-ring (bicyclic) bond motifs is 3. The lowest BCUT2D eigenvalue weighted by molar-refractivity contribution is 0.0929. The SMILES string of the molecule is O=C(N/N=C\c1cccc(Cl)c1Cl)c1cc2c(ccc3ccccc32)o1. The van der Waals surface area contributed by atoms with Crippen LogP contribution in [0.3, 0.4) is 0 Å². The van der Waals surface area contributed by atoms with Gasteiger partial charge in [0.05, 0.1) is 16.3 Å². The molecule has 0 aliphatic carbocycles. The lowest BCUT2D eigenvalue weighted by Crippen LogP contribution is -2.16. The summed E-state index contributed by atoms with van der Waals surface area (Å²) < 4.78 is 5.65. The van der Waals surface area contributed by atoms with Gasteiger partial charge in [-0.25, -0.2) is 5.43 Å². The normalized spacial score (nSPS) is 11.5. The van der Waals surface area contributed by atoms with Crippen LogP contribution in [0.2, 0.25) is 10.0 Å². The van der Waals surface area contributed by atoms with E-state index in [4.69, 9.17) is 27.6 Å². The summed E-state index contributed by atoms with van der Waals surface area (Å²) in [6.07, 6.45) is 1.43. The average molecular weight is 383 g/mol. The van der Waals surface area contributed by atoms with Crippen LogP contribution in [0.25, 0.3) is 21.7 Å². The molecule has 4 rings (SSSR count). The molecule has 3 aromatic carbocycles. The molecule has 0 bridgehead atoms. The first-order valence-corrected chi connectivity index (χ1v) is 8.58. The molecule has 0 aliphatic rings. The Morgan fingerprint density at radius 3 is 2.73 bits per heavy atom. The highest BCUT2D eigenvalue weighted by molar-refractivity contribution is 6.43. The Morgan fingerprint density at radius 1 is 1.00 bits per heavy atom. The number of nitrogens with zero attached hydrogens (tertiary/aromatic N) is 1. The van der Waals surface area contributed by atoms with Crippen LogP contribution < -0.4 is 5.43 Å². The van der Waals surface area contributed by atoms with E-state index in [0.717, 1.165) is 16.2 Å². The Morgan fingerprint density at radius 2 is 1.85 bits per heavy atom. The molecule has 1 heterocycles. The number of nitrogens with one attached hydrogen (secondary N) is 1. The summed E-state index contributed by atoms with van der Waals surface area (Å²) in [6.45, 7) is 0. The molecule has 4 nitrogen and oxygen atoms in total. The topological polar surface area (TPSA) is 54.6 Å². The number of furan rings is 1. The molecule has 0 spiro atoms. The van der Waals surface area contributed by atoms with Crippen molar-refractivity contribution in [2.75, 3.05) is 0 Å². The third-order valence-electron chi connectivity index (χ3n) is 4.00. The lowest BCUT2D eigenvalue weighted by atomic mass is 10.1. The van der Waals surface area contributed by atoms with E-state index >= 15 is 0 Å². The van der Waals surface area contributed by atoms with Crippen molar-refractivity contribution in [2.45, 2.75) is 0 Å². The highest BCUT2D eigenvalue weighted by Crippen LogP contribution is 2.28. The molecule has 6 heteroatoms. The van der Waals surface area contributed by atoms with Gasteiger partial charge in [0.25, 0.3) is 0 Å². The number of hydrazone groups is 1. The van der Waals surface area contributed by atoms with Crippen molar-refractivity contribution in [1.82, 2.24) is 5.43 Å². The predicted octanol–water partition coefficient (Wildman–Crippen LogP) is 5.66. The molecule has 1 amide bonds. The van der Waals surface area contributed by atoms with Crippen LogP contribution in [0.4, 0.5) is 0 Å². The van der Waals surface area contributed by atoms with Crippen LogP contribution in [0.1, 0.15) is 16.1 Å². The zero-order chi connectivity index (χ0) is 18.1. The molecule has 0 aliphatic heterocycles. The number of hydrogen-bond acceptors (Lipinski definition) is 3. The zero-order valence-corrected chi connectivity index (χ0v) is 14.9. The van der Waals surface area contributed by atoms with Gasteiger partial charge in [0.15, 0.2) is 5.76 Å². The Balaban J connectivity index is 1.59. The largest absolute Gasteiger partial charge is 0.451 e. The molecule has 4 aromatic rings. The first kappa shape index (κ1) is 16.6. The van der Waals surface area contributed by atoms with Crippen molar-refractivity contribution in [3.63, 3.8) is 0 Å². The fourth-order valence-corrected chi connectivity index (χ4v) is 3.10. The summed E-state index contributed by atoms with van der Waals surface area (Å²) in [5.41, 5.74) is 3.69. The molecule has 0 radical (unpaired) electrons. The second-order valence-electron chi connectivity index (χ2n) is 5.65. The maximum absolute atomic E-state index is 12.3. The third kappa shape index (κ3) is 3.05. The predicted molar refractivity (Wildman–Crippen MR) is 105 cm³/mol. The third-order valence-corrected chi connectivity index (χ3v) is 4.83. The summed E-state index contributed by atoms with van der Waals surface area (Å²) in [5, 5.41) is 7.72. The molecule has 1 aromatic heterocycles. The van der Waals surface area contributed by atoms with Crippen LogP contribution in [0.5, 0.6) is 0 Å². The van der Waals surface area contributed by atoms with E-state index in [1.165, 1.54) is 6.21 Å². The van der Waals surface area contributed by atoms with E-state index in [1.54, 1.807) is 24.3 Å². The first-order valence-electron chi connectivity index (χ1n) is 7.82. The van der Waals surface area contributed by atoms with Gasteiger partial charge < -0.3 is 4.42 Å². The van der Waals surface area contributed by atoms with Crippen LogP contribution in [0.15, 0.2) is 70.2 Å². The van der Waals surface area contributed by atoms with E-state index in [-0.39, 0.29) is 5.76 Å². The summed E-state index contributed by atoms with van der Waals surface area (Å²) in [4.78, 5) is 12.3. The van der Waals surface area contributed by atoms with Gasteiger partial charge in [-0.05, 0) is 29.0 Å². The minimum Gasteiger partial charge on any atom is -0.451 e. The number of rotatable bonds is 3. The summed E-state index contributed by atoms with van der Waals surface area (Å²) in [5.74, 6) is -0.259. The fraction of sp³-hybridized carbons (Fsp3) is 0. The van der Waals surface area contributed by atoms with Gasteiger partial charge in [0.1, 0.15) is 5.58 Å². The summed E-state index contributed by atoms with van der Waals surface area (Å²) >= 11 is 12.0. The molecule has 26 heavy (non-hydrogen) atoms. The van der Waals surface area contributed by atoms with Crippen LogP contribution in [-0.4, -0.2) is 12.1 Å². The molecule has 1 N–H and O–H groups in total. The molecule has 0 saturated heterocycles. The molecule has 0 atom stereocenters. The fourth-order valence-electron chi connectivity index (χ4n) is 2.74. The van der Waals surface area contributed by atoms with Crippen molar-refractivity contribution in [3.8, 4) is 0 Å². The van der Waals surface area contributed by atoms with Gasteiger partial charge >= 0.3 is 5.91 Å².